The van der Waals surface area contributed by atoms with Gasteiger partial charge in [0.1, 0.15) is 0 Å². The summed E-state index contributed by atoms with van der Waals surface area (Å²) in [6.45, 7) is 6.08. The van der Waals surface area contributed by atoms with E-state index in [1.165, 1.54) is 11.8 Å². The molecule has 5 atom stereocenters. The molecule has 13 heteroatoms. The molecular formula is C21H33F4O7S2-. The first-order valence-electron chi connectivity index (χ1n) is 11.4. The number of carbonyl (C=O) groups excluding carboxylic acids is 1. The second-order valence-corrected chi connectivity index (χ2v) is 12.1. The summed E-state index contributed by atoms with van der Waals surface area (Å²) >= 11 is 1.44. The number of thioether (sulfide) groups is 1. The van der Waals surface area contributed by atoms with E-state index in [9.17, 15) is 45.5 Å². The molecule has 2 saturated heterocycles. The normalized spacial score (nSPS) is 28.4. The first-order valence-corrected chi connectivity index (χ1v) is 13.8. The van der Waals surface area contributed by atoms with Crippen LogP contribution in [0.1, 0.15) is 66.2 Å². The van der Waals surface area contributed by atoms with Gasteiger partial charge in [0.25, 0.3) is 0 Å². The van der Waals surface area contributed by atoms with E-state index < -0.39 is 68.6 Å². The van der Waals surface area contributed by atoms with Gasteiger partial charge in [0.05, 0.1) is 30.1 Å². The molecule has 2 bridgehead atoms. The summed E-state index contributed by atoms with van der Waals surface area (Å²) < 4.78 is 90.2. The third-order valence-electron chi connectivity index (χ3n) is 7.75. The fraction of sp³-hybridized carbons (Fsp3) is 0.952. The van der Waals surface area contributed by atoms with Crippen LogP contribution >= 0.6 is 11.8 Å². The summed E-state index contributed by atoms with van der Waals surface area (Å²) in [4.78, 5) is 12.7. The van der Waals surface area contributed by atoms with Crippen molar-refractivity contribution in [2.45, 2.75) is 99.1 Å². The Labute approximate surface area is 201 Å². The molecule has 0 radical (unpaired) electrons. The third-order valence-corrected chi connectivity index (χ3v) is 10.4. The van der Waals surface area contributed by atoms with Gasteiger partial charge in [0.2, 0.25) is 0 Å². The number of rotatable bonds is 12. The Morgan fingerprint density at radius 2 is 1.47 bits per heavy atom. The van der Waals surface area contributed by atoms with Crippen molar-refractivity contribution < 1.29 is 50.3 Å². The number of halogens is 4. The fourth-order valence-corrected chi connectivity index (χ4v) is 8.23. The Balaban J connectivity index is 2.19. The van der Waals surface area contributed by atoms with Gasteiger partial charge in [0.15, 0.2) is 10.1 Å². The predicted octanol–water partition coefficient (Wildman–Crippen LogP) is 3.53. The Kier molecular flexibility index (Phi) is 8.73. The van der Waals surface area contributed by atoms with Gasteiger partial charge in [-0.3, -0.25) is 4.79 Å². The highest BCUT2D eigenvalue weighted by atomic mass is 32.2. The molecule has 2 heterocycles. The summed E-state index contributed by atoms with van der Waals surface area (Å²) in [7, 11) is -6.62. The molecule has 5 unspecified atom stereocenters. The van der Waals surface area contributed by atoms with Gasteiger partial charge in [-0.05, 0) is 32.1 Å². The average molecular weight is 538 g/mol. The van der Waals surface area contributed by atoms with Gasteiger partial charge in [0, 0.05) is 22.3 Å². The number of hydrogen-bond donors (Lipinski definition) is 2. The quantitative estimate of drug-likeness (QED) is 0.220. The van der Waals surface area contributed by atoms with E-state index in [1.807, 2.05) is 13.8 Å². The van der Waals surface area contributed by atoms with Crippen LogP contribution in [0.25, 0.3) is 0 Å². The van der Waals surface area contributed by atoms with Gasteiger partial charge in [-0.15, -0.1) is 0 Å². The third kappa shape index (κ3) is 4.96. The second kappa shape index (κ2) is 10.0. The van der Waals surface area contributed by atoms with Gasteiger partial charge >= 0.3 is 17.1 Å². The molecule has 7 nitrogen and oxygen atoms in total. The minimum absolute atomic E-state index is 0.196. The van der Waals surface area contributed by atoms with Crippen LogP contribution in [-0.2, 0) is 19.6 Å². The number of esters is 1. The number of alkyl halides is 4. The first-order chi connectivity index (χ1) is 15.5. The number of ether oxygens (including phenoxy) is 1. The number of fused-ring (bicyclic) bond motifs is 2. The minimum atomic E-state index is -6.62. The molecule has 0 aromatic rings. The molecule has 0 saturated carbocycles. The van der Waals surface area contributed by atoms with Crippen molar-refractivity contribution in [3.05, 3.63) is 0 Å². The van der Waals surface area contributed by atoms with Crippen LogP contribution in [-0.4, -0.2) is 68.6 Å². The molecule has 2 aliphatic rings. The van der Waals surface area contributed by atoms with Gasteiger partial charge in [-0.1, -0.05) is 27.7 Å². The molecule has 2 rings (SSSR count). The van der Waals surface area contributed by atoms with E-state index in [4.69, 9.17) is 4.74 Å². The molecule has 200 valence electrons. The Morgan fingerprint density at radius 1 is 1.00 bits per heavy atom. The van der Waals surface area contributed by atoms with Crippen LogP contribution in [0.2, 0.25) is 0 Å². The lowest BCUT2D eigenvalue weighted by Crippen LogP contribution is -2.57. The zero-order chi connectivity index (χ0) is 26.3. The zero-order valence-electron chi connectivity index (χ0n) is 19.6. The van der Waals surface area contributed by atoms with Crippen molar-refractivity contribution in [3.63, 3.8) is 0 Å². The number of hydrogen-bond acceptors (Lipinski definition) is 8. The molecule has 2 aliphatic heterocycles. The first kappa shape index (κ1) is 29.6. The number of aliphatic hydroxyl groups is 2. The van der Waals surface area contributed by atoms with E-state index >= 15 is 0 Å². The van der Waals surface area contributed by atoms with Gasteiger partial charge in [-0.2, -0.15) is 29.3 Å². The molecule has 0 aromatic carbocycles. The molecule has 2 N–H and O–H groups in total. The maximum absolute atomic E-state index is 13.7. The standard InChI is InChI=1S/C21H34F4O7S2/c1-5-18(27,6-2)14-13-11-12(16(33-13)15(14)19(28,7-3)8-4)17(26)32-10-9-20(22,23)21(24,25)34(29,30)31/h12-16,27-28H,5-11H2,1-4H3,(H,29,30,31)/p-1. The summed E-state index contributed by atoms with van der Waals surface area (Å²) in [5, 5.41) is 16.2. The smallest absolute Gasteiger partial charge is 0.396 e. The highest BCUT2D eigenvalue weighted by Crippen LogP contribution is 2.63. The molecule has 0 spiro atoms. The summed E-state index contributed by atoms with van der Waals surface area (Å²) in [6.07, 6.45) is 0.0442. The zero-order valence-corrected chi connectivity index (χ0v) is 21.2. The monoisotopic (exact) mass is 537 g/mol. The molecule has 0 amide bonds. The van der Waals surface area contributed by atoms with E-state index in [0.717, 1.165) is 0 Å². The highest BCUT2D eigenvalue weighted by Gasteiger charge is 2.65. The van der Waals surface area contributed by atoms with Crippen molar-refractivity contribution in [2.75, 3.05) is 6.61 Å². The topological polar surface area (TPSA) is 124 Å². The molecule has 0 aromatic heterocycles. The molecular weight excluding hydrogens is 504 g/mol. The van der Waals surface area contributed by atoms with Crippen LogP contribution in [0.3, 0.4) is 0 Å². The number of carbonyl (C=O) groups is 1. The van der Waals surface area contributed by atoms with Crippen molar-refractivity contribution >= 4 is 27.8 Å². The Hall–Kier alpha value is -0.630. The maximum atomic E-state index is 13.7. The summed E-state index contributed by atoms with van der Waals surface area (Å²) in [5.74, 6) is -7.73. The Bertz CT molecular complexity index is 844. The largest absolute Gasteiger partial charge is 0.743 e. The highest BCUT2D eigenvalue weighted by molar-refractivity contribution is 8.01. The lowest BCUT2D eigenvalue weighted by Gasteiger charge is -2.49. The average Bonchev–Trinajstić information content (AvgIpc) is 3.36. The van der Waals surface area contributed by atoms with E-state index in [-0.39, 0.29) is 17.6 Å². The molecule has 0 aliphatic carbocycles. The van der Waals surface area contributed by atoms with Crippen LogP contribution < -0.4 is 0 Å². The van der Waals surface area contributed by atoms with E-state index in [1.54, 1.807) is 13.8 Å². The fourth-order valence-electron chi connectivity index (χ4n) is 5.45. The van der Waals surface area contributed by atoms with Crippen LogP contribution in [0.15, 0.2) is 0 Å². The van der Waals surface area contributed by atoms with Crippen LogP contribution in [0.5, 0.6) is 0 Å². The Morgan fingerprint density at radius 3 is 1.91 bits per heavy atom. The van der Waals surface area contributed by atoms with Crippen molar-refractivity contribution in [3.8, 4) is 0 Å². The van der Waals surface area contributed by atoms with Crippen molar-refractivity contribution in [1.82, 2.24) is 0 Å². The van der Waals surface area contributed by atoms with Crippen LogP contribution in [0.4, 0.5) is 17.6 Å². The molecule has 34 heavy (non-hydrogen) atoms. The van der Waals surface area contributed by atoms with Crippen molar-refractivity contribution in [2.24, 2.45) is 17.8 Å². The van der Waals surface area contributed by atoms with Gasteiger partial charge in [-0.25, -0.2) is 8.42 Å². The summed E-state index contributed by atoms with van der Waals surface area (Å²) in [5.41, 5.74) is -2.26. The lowest BCUT2D eigenvalue weighted by molar-refractivity contribution is -0.178. The maximum Gasteiger partial charge on any atom is 0.396 e. The second-order valence-electron chi connectivity index (χ2n) is 9.25. The van der Waals surface area contributed by atoms with Gasteiger partial charge < -0.3 is 19.5 Å². The summed E-state index contributed by atoms with van der Waals surface area (Å²) in [6, 6.07) is 0. The SMILES string of the molecule is CCC(O)(CC)C1C2CC(C(=O)OCCC(F)(F)C(F)(F)S(=O)(=O)[O-])C(S2)C1C(O)(CC)CC. The van der Waals surface area contributed by atoms with E-state index in [0.29, 0.717) is 25.7 Å². The minimum Gasteiger partial charge on any atom is -0.743 e. The lowest BCUT2D eigenvalue weighted by atomic mass is 9.59. The molecule has 2 fully saturated rings. The van der Waals surface area contributed by atoms with Crippen molar-refractivity contribution in [1.29, 1.82) is 0 Å². The predicted molar refractivity (Wildman–Crippen MR) is 116 cm³/mol. The van der Waals surface area contributed by atoms with Crippen LogP contribution in [0, 0.1) is 17.8 Å². The van der Waals surface area contributed by atoms with E-state index in [2.05, 4.69) is 0 Å².